The first-order chi connectivity index (χ1) is 13.3. The molecule has 0 aliphatic carbocycles. The molecule has 8 nitrogen and oxygen atoms in total. The fourth-order valence-electron chi connectivity index (χ4n) is 2.29. The fourth-order valence-corrected chi connectivity index (χ4v) is 6.08. The van der Waals surface area contributed by atoms with E-state index in [1.165, 1.54) is 30.3 Å². The van der Waals surface area contributed by atoms with Gasteiger partial charge in [-0.15, -0.1) is 11.3 Å². The molecule has 1 amide bonds. The van der Waals surface area contributed by atoms with Gasteiger partial charge in [0.1, 0.15) is 9.81 Å². The fraction of sp³-hybridized carbons (Fsp3) is 0.389. The maximum atomic E-state index is 12.8. The lowest BCUT2D eigenvalue weighted by molar-refractivity contribution is 0.0524. The summed E-state index contributed by atoms with van der Waals surface area (Å²) in [7, 11) is -7.34. The monoisotopic (exact) mass is 460 g/mol. The van der Waals surface area contributed by atoms with Crippen molar-refractivity contribution in [2.45, 2.75) is 46.9 Å². The highest BCUT2D eigenvalue weighted by Crippen LogP contribution is 2.28. The smallest absolute Gasteiger partial charge is 0.407 e. The summed E-state index contributed by atoms with van der Waals surface area (Å²) >= 11 is 1.02. The Morgan fingerprint density at radius 3 is 2.17 bits per heavy atom. The van der Waals surface area contributed by atoms with Gasteiger partial charge in [-0.2, -0.15) is 0 Å². The van der Waals surface area contributed by atoms with Gasteiger partial charge in [0, 0.05) is 11.4 Å². The summed E-state index contributed by atoms with van der Waals surface area (Å²) in [5.41, 5.74) is 4.67. The van der Waals surface area contributed by atoms with Crippen LogP contribution in [0.15, 0.2) is 50.4 Å². The highest BCUT2D eigenvalue weighted by Gasteiger charge is 2.22. The second kappa shape index (κ2) is 8.82. The first-order valence-electron chi connectivity index (χ1n) is 8.69. The maximum absolute atomic E-state index is 12.8. The van der Waals surface area contributed by atoms with Crippen LogP contribution in [0.2, 0.25) is 0 Å². The average molecular weight is 461 g/mol. The third-order valence-electron chi connectivity index (χ3n) is 3.59. The van der Waals surface area contributed by atoms with Gasteiger partial charge in [-0.3, -0.25) is 0 Å². The first kappa shape index (κ1) is 23.3. The van der Waals surface area contributed by atoms with Gasteiger partial charge in [0.25, 0.3) is 0 Å². The summed E-state index contributed by atoms with van der Waals surface area (Å²) in [5, 5.41) is 2.57. The number of amides is 1. The lowest BCUT2D eigenvalue weighted by Crippen LogP contribution is -2.31. The number of alkyl carbamates (subject to hydrolysis) is 1. The Bertz CT molecular complexity index is 1070. The van der Waals surface area contributed by atoms with E-state index in [4.69, 9.17) is 10.5 Å². The van der Waals surface area contributed by atoms with Crippen LogP contribution in [0.1, 0.15) is 25.6 Å². The molecule has 0 spiro atoms. The number of thiophene rings is 1. The second-order valence-corrected chi connectivity index (χ2v) is 12.6. The normalized spacial score (nSPS) is 12.6. The van der Waals surface area contributed by atoms with Crippen molar-refractivity contribution in [1.29, 1.82) is 0 Å². The number of carbonyl (C=O) groups is 1. The minimum atomic E-state index is -3.81. The molecule has 3 N–H and O–H groups in total. The van der Waals surface area contributed by atoms with Crippen LogP contribution in [0, 0.1) is 0 Å². The molecular formula is C18H24N2O6S3. The molecule has 2 aromatic rings. The van der Waals surface area contributed by atoms with E-state index < -0.39 is 31.4 Å². The van der Waals surface area contributed by atoms with Crippen LogP contribution in [0.25, 0.3) is 0 Å². The van der Waals surface area contributed by atoms with Crippen molar-refractivity contribution >= 4 is 37.1 Å². The highest BCUT2D eigenvalue weighted by molar-refractivity contribution is 7.93. The number of sulfone groups is 2. The Hall–Kier alpha value is -1.95. The topological polar surface area (TPSA) is 133 Å². The summed E-state index contributed by atoms with van der Waals surface area (Å²) in [5.74, 6) is -0.210. The lowest BCUT2D eigenvalue weighted by Gasteiger charge is -2.19. The molecule has 0 saturated carbocycles. The van der Waals surface area contributed by atoms with Crippen LogP contribution in [-0.4, -0.2) is 40.8 Å². The van der Waals surface area contributed by atoms with Gasteiger partial charge in [-0.25, -0.2) is 21.6 Å². The van der Waals surface area contributed by atoms with E-state index in [-0.39, 0.29) is 32.8 Å². The molecule has 29 heavy (non-hydrogen) atoms. The lowest BCUT2D eigenvalue weighted by atomic mass is 10.2. The molecule has 160 valence electrons. The molecule has 0 aliphatic heterocycles. The Morgan fingerprint density at radius 1 is 1.03 bits per heavy atom. The van der Waals surface area contributed by atoms with Crippen LogP contribution < -0.4 is 11.1 Å². The zero-order valence-corrected chi connectivity index (χ0v) is 18.8. The number of hydrogen-bond acceptors (Lipinski definition) is 8. The number of nitrogens with two attached hydrogens (primary N) is 1. The Balaban J connectivity index is 2.13. The van der Waals surface area contributed by atoms with E-state index in [2.05, 4.69) is 5.32 Å². The second-order valence-electron chi connectivity index (χ2n) is 7.16. The number of nitrogens with one attached hydrogen (secondary N) is 1. The van der Waals surface area contributed by atoms with Crippen LogP contribution in [0.3, 0.4) is 0 Å². The molecule has 0 fully saturated rings. The zero-order chi connectivity index (χ0) is 21.9. The molecule has 1 aromatic carbocycles. The number of benzene rings is 1. The van der Waals surface area contributed by atoms with Gasteiger partial charge in [0.15, 0.2) is 9.84 Å². The van der Waals surface area contributed by atoms with Crippen molar-refractivity contribution in [3.8, 4) is 0 Å². The summed E-state index contributed by atoms with van der Waals surface area (Å²) in [6, 6.07) is 8.10. The summed E-state index contributed by atoms with van der Waals surface area (Å²) in [6.45, 7) is 5.35. The van der Waals surface area contributed by atoms with Gasteiger partial charge >= 0.3 is 6.09 Å². The Kier molecular flexibility index (Phi) is 7.10. The predicted octanol–water partition coefficient (Wildman–Crippen LogP) is 2.34. The van der Waals surface area contributed by atoms with Gasteiger partial charge < -0.3 is 15.8 Å². The van der Waals surface area contributed by atoms with Gasteiger partial charge in [-0.1, -0.05) is 0 Å². The number of ether oxygens (including phenoxy) is 1. The summed E-state index contributed by atoms with van der Waals surface area (Å²) in [4.78, 5) is 12.4. The molecule has 0 bridgehead atoms. The van der Waals surface area contributed by atoms with E-state index in [9.17, 15) is 21.6 Å². The molecule has 0 atom stereocenters. The molecule has 1 heterocycles. The van der Waals surface area contributed by atoms with Gasteiger partial charge in [0.05, 0.1) is 22.1 Å². The predicted molar refractivity (Wildman–Crippen MR) is 110 cm³/mol. The van der Waals surface area contributed by atoms with Crippen molar-refractivity contribution < 1.29 is 26.4 Å². The third-order valence-corrected chi connectivity index (χ3v) is 8.70. The van der Waals surface area contributed by atoms with Crippen molar-refractivity contribution in [3.05, 3.63) is 41.3 Å². The van der Waals surface area contributed by atoms with Crippen molar-refractivity contribution in [1.82, 2.24) is 5.32 Å². The Morgan fingerprint density at radius 2 is 1.62 bits per heavy atom. The molecule has 0 saturated heterocycles. The third kappa shape index (κ3) is 6.26. The van der Waals surface area contributed by atoms with Crippen LogP contribution in [0.5, 0.6) is 0 Å². The number of carbonyl (C=O) groups excluding carboxylic acids is 1. The highest BCUT2D eigenvalue weighted by atomic mass is 32.2. The van der Waals surface area contributed by atoms with Crippen LogP contribution in [-0.2, 0) is 31.0 Å². The van der Waals surface area contributed by atoms with E-state index in [1.54, 1.807) is 26.8 Å². The number of rotatable bonds is 7. The Labute approximate surface area is 174 Å². The molecular weight excluding hydrogens is 436 g/mol. The molecule has 0 unspecified atom stereocenters. The van der Waals surface area contributed by atoms with E-state index in [0.717, 1.165) is 11.3 Å². The molecule has 0 radical (unpaired) electrons. The quantitative estimate of drug-likeness (QED) is 0.648. The van der Waals surface area contributed by atoms with E-state index in [0.29, 0.717) is 4.88 Å². The van der Waals surface area contributed by atoms with E-state index in [1.807, 2.05) is 0 Å². The van der Waals surface area contributed by atoms with Gasteiger partial charge in [-0.05, 0) is 57.2 Å². The summed E-state index contributed by atoms with van der Waals surface area (Å²) in [6.07, 6.45) is -0.593. The SMILES string of the molecule is CC(C)(C)OC(=O)NCc1ccc(S(=O)(=O)c2ccc(S(=O)(=O)CCN)cc2)s1. The number of hydrogen-bond donors (Lipinski definition) is 2. The zero-order valence-electron chi connectivity index (χ0n) is 16.3. The molecule has 1 aromatic heterocycles. The van der Waals surface area contributed by atoms with Gasteiger partial charge in [0.2, 0.25) is 9.84 Å². The van der Waals surface area contributed by atoms with Crippen LogP contribution in [0.4, 0.5) is 4.79 Å². The van der Waals surface area contributed by atoms with Crippen molar-refractivity contribution in [2.75, 3.05) is 12.3 Å². The van der Waals surface area contributed by atoms with Crippen LogP contribution >= 0.6 is 11.3 Å². The van der Waals surface area contributed by atoms with Crippen molar-refractivity contribution in [3.63, 3.8) is 0 Å². The average Bonchev–Trinajstić information content (AvgIpc) is 3.08. The molecule has 2 rings (SSSR count). The first-order valence-corrected chi connectivity index (χ1v) is 12.6. The largest absolute Gasteiger partial charge is 0.444 e. The molecule has 0 aliphatic rings. The standard InChI is InChI=1S/C18H24N2O6S3/c1-18(2,3)26-17(21)20-12-13-4-9-16(27-13)29(24,25)15-7-5-14(6-8-15)28(22,23)11-10-19/h4-9H,10-12,19H2,1-3H3,(H,20,21). The minimum Gasteiger partial charge on any atom is -0.444 e. The summed E-state index contributed by atoms with van der Waals surface area (Å²) < 4.78 is 54.8. The molecule has 11 heteroatoms. The van der Waals surface area contributed by atoms with E-state index >= 15 is 0 Å². The minimum absolute atomic E-state index is 0.0160. The van der Waals surface area contributed by atoms with Crippen molar-refractivity contribution in [2.24, 2.45) is 5.73 Å². The maximum Gasteiger partial charge on any atom is 0.407 e.